The van der Waals surface area contributed by atoms with Crippen LogP contribution < -0.4 is 20.5 Å². The SMILES string of the molecule is COc1ccc(C(C#Cc2cccc(C(=O)O)c2)CN=C(N)NC#N)cc1OC1CCCC1. The number of hydrogen-bond acceptors (Lipinski definition) is 5. The molecule has 0 aliphatic heterocycles. The fourth-order valence-electron chi connectivity index (χ4n) is 3.61. The second-order valence-corrected chi connectivity index (χ2v) is 7.61. The van der Waals surface area contributed by atoms with Crippen LogP contribution in [0.15, 0.2) is 47.5 Å². The molecular weight excluding hydrogens is 420 g/mol. The predicted octanol–water partition coefficient (Wildman–Crippen LogP) is 3.24. The van der Waals surface area contributed by atoms with Crippen molar-refractivity contribution in [1.29, 1.82) is 5.26 Å². The molecule has 0 heterocycles. The quantitative estimate of drug-likeness (QED) is 0.196. The Hall–Kier alpha value is -4.17. The van der Waals surface area contributed by atoms with Gasteiger partial charge in [-0.2, -0.15) is 5.26 Å². The van der Waals surface area contributed by atoms with Crippen LogP contribution in [0.25, 0.3) is 0 Å². The van der Waals surface area contributed by atoms with E-state index in [9.17, 15) is 9.90 Å². The van der Waals surface area contributed by atoms with Crippen molar-refractivity contribution < 1.29 is 19.4 Å². The normalized spacial score (nSPS) is 14.5. The molecule has 0 saturated heterocycles. The number of hydrogen-bond donors (Lipinski definition) is 3. The second kappa shape index (κ2) is 11.4. The number of nitrogens with two attached hydrogens (primary N) is 1. The maximum atomic E-state index is 11.3. The van der Waals surface area contributed by atoms with Crippen LogP contribution >= 0.6 is 0 Å². The molecule has 33 heavy (non-hydrogen) atoms. The fourth-order valence-corrected chi connectivity index (χ4v) is 3.61. The van der Waals surface area contributed by atoms with Gasteiger partial charge in [0.15, 0.2) is 17.7 Å². The zero-order valence-electron chi connectivity index (χ0n) is 18.4. The first-order valence-corrected chi connectivity index (χ1v) is 10.6. The first kappa shape index (κ1) is 23.5. The van der Waals surface area contributed by atoms with Crippen molar-refractivity contribution >= 4 is 11.9 Å². The fraction of sp³-hybridized carbons (Fsp3) is 0.320. The highest BCUT2D eigenvalue weighted by Gasteiger charge is 2.20. The van der Waals surface area contributed by atoms with E-state index < -0.39 is 5.97 Å². The van der Waals surface area contributed by atoms with Gasteiger partial charge in [-0.1, -0.05) is 24.0 Å². The van der Waals surface area contributed by atoms with E-state index in [2.05, 4.69) is 22.2 Å². The van der Waals surface area contributed by atoms with Gasteiger partial charge in [-0.3, -0.25) is 10.3 Å². The molecule has 0 radical (unpaired) electrons. The Morgan fingerprint density at radius 3 is 2.76 bits per heavy atom. The lowest BCUT2D eigenvalue weighted by Crippen LogP contribution is -2.28. The van der Waals surface area contributed by atoms with Crippen LogP contribution in [0.1, 0.15) is 53.1 Å². The molecule has 3 rings (SSSR count). The number of aliphatic imine (C=N–C) groups is 1. The summed E-state index contributed by atoms with van der Waals surface area (Å²) >= 11 is 0. The minimum absolute atomic E-state index is 0.00637. The number of aromatic carboxylic acids is 1. The number of carboxylic acids is 1. The number of guanidine groups is 1. The minimum Gasteiger partial charge on any atom is -0.493 e. The van der Waals surface area contributed by atoms with Crippen LogP contribution in [0.2, 0.25) is 0 Å². The van der Waals surface area contributed by atoms with E-state index >= 15 is 0 Å². The Morgan fingerprint density at radius 1 is 1.27 bits per heavy atom. The van der Waals surface area contributed by atoms with Crippen LogP contribution in [0.4, 0.5) is 0 Å². The molecule has 1 fully saturated rings. The van der Waals surface area contributed by atoms with E-state index in [1.54, 1.807) is 25.4 Å². The summed E-state index contributed by atoms with van der Waals surface area (Å²) in [6.07, 6.45) is 6.21. The van der Waals surface area contributed by atoms with Gasteiger partial charge in [0.2, 0.25) is 5.96 Å². The molecule has 1 atom stereocenters. The summed E-state index contributed by atoms with van der Waals surface area (Å²) in [5.41, 5.74) is 7.29. The number of ether oxygens (including phenoxy) is 2. The molecule has 0 aromatic heterocycles. The van der Waals surface area contributed by atoms with Crippen molar-refractivity contribution in [3.63, 3.8) is 0 Å². The average Bonchev–Trinajstić information content (AvgIpc) is 3.32. The molecule has 2 aromatic rings. The maximum absolute atomic E-state index is 11.3. The third kappa shape index (κ3) is 6.65. The molecule has 0 bridgehead atoms. The number of methoxy groups -OCH3 is 1. The largest absolute Gasteiger partial charge is 0.493 e. The number of rotatable bonds is 7. The Bertz CT molecular complexity index is 1120. The smallest absolute Gasteiger partial charge is 0.335 e. The van der Waals surface area contributed by atoms with Gasteiger partial charge in [-0.15, -0.1) is 0 Å². The zero-order valence-corrected chi connectivity index (χ0v) is 18.4. The molecule has 1 saturated carbocycles. The van der Waals surface area contributed by atoms with Gasteiger partial charge in [-0.25, -0.2) is 4.79 Å². The molecule has 0 amide bonds. The monoisotopic (exact) mass is 446 g/mol. The van der Waals surface area contributed by atoms with Crippen LogP contribution in [0.5, 0.6) is 11.5 Å². The Balaban J connectivity index is 1.94. The van der Waals surface area contributed by atoms with Gasteiger partial charge < -0.3 is 20.3 Å². The lowest BCUT2D eigenvalue weighted by atomic mass is 9.98. The molecule has 1 aliphatic carbocycles. The highest BCUT2D eigenvalue weighted by molar-refractivity contribution is 5.88. The van der Waals surface area contributed by atoms with Crippen molar-refractivity contribution in [3.8, 4) is 29.5 Å². The van der Waals surface area contributed by atoms with Crippen molar-refractivity contribution in [2.24, 2.45) is 10.7 Å². The van der Waals surface area contributed by atoms with E-state index in [1.807, 2.05) is 18.2 Å². The van der Waals surface area contributed by atoms with E-state index in [0.717, 1.165) is 31.2 Å². The van der Waals surface area contributed by atoms with Gasteiger partial charge in [0, 0.05) is 5.56 Å². The average molecular weight is 447 g/mol. The summed E-state index contributed by atoms with van der Waals surface area (Å²) < 4.78 is 11.7. The zero-order chi connectivity index (χ0) is 23.6. The van der Waals surface area contributed by atoms with Crippen LogP contribution in [0, 0.1) is 23.3 Å². The summed E-state index contributed by atoms with van der Waals surface area (Å²) in [7, 11) is 1.60. The first-order chi connectivity index (χ1) is 16.0. The van der Waals surface area contributed by atoms with Gasteiger partial charge in [-0.05, 0) is 61.6 Å². The lowest BCUT2D eigenvalue weighted by molar-refractivity contribution is 0.0697. The third-order valence-electron chi connectivity index (χ3n) is 5.31. The number of carbonyl (C=O) groups is 1. The topological polar surface area (TPSA) is 130 Å². The highest BCUT2D eigenvalue weighted by atomic mass is 16.5. The predicted molar refractivity (Wildman–Crippen MR) is 124 cm³/mol. The van der Waals surface area contributed by atoms with Crippen molar-refractivity contribution in [2.45, 2.75) is 37.7 Å². The van der Waals surface area contributed by atoms with E-state index in [0.29, 0.717) is 17.1 Å². The third-order valence-corrected chi connectivity index (χ3v) is 5.31. The van der Waals surface area contributed by atoms with Gasteiger partial charge >= 0.3 is 5.97 Å². The molecule has 170 valence electrons. The molecule has 2 aromatic carbocycles. The van der Waals surface area contributed by atoms with Gasteiger partial charge in [0.25, 0.3) is 0 Å². The number of benzene rings is 2. The number of carboxylic acid groups (broad SMARTS) is 1. The van der Waals surface area contributed by atoms with Crippen molar-refractivity contribution in [3.05, 3.63) is 59.2 Å². The van der Waals surface area contributed by atoms with E-state index in [4.69, 9.17) is 20.5 Å². The molecule has 8 nitrogen and oxygen atoms in total. The first-order valence-electron chi connectivity index (χ1n) is 10.6. The van der Waals surface area contributed by atoms with Crippen molar-refractivity contribution in [1.82, 2.24) is 5.32 Å². The minimum atomic E-state index is -1.01. The molecular formula is C25H26N4O4. The Kier molecular flexibility index (Phi) is 8.15. The standard InChI is InChI=1S/C25H26N4O4/c1-32-22-12-11-18(14-23(22)33-21-7-2-3-8-21)20(15-28-25(27)29-16-26)10-9-17-5-4-6-19(13-17)24(30)31/h4-6,11-14,20-21H,2-3,7-8,15H2,1H3,(H,30,31)(H3,27,28,29). The maximum Gasteiger partial charge on any atom is 0.335 e. The number of nitrogens with one attached hydrogen (secondary N) is 1. The van der Waals surface area contributed by atoms with Crippen LogP contribution in [-0.4, -0.2) is 36.8 Å². The lowest BCUT2D eigenvalue weighted by Gasteiger charge is -2.18. The molecule has 4 N–H and O–H groups in total. The van der Waals surface area contributed by atoms with Crippen LogP contribution in [-0.2, 0) is 0 Å². The Morgan fingerprint density at radius 2 is 2.06 bits per heavy atom. The number of nitriles is 1. The van der Waals surface area contributed by atoms with E-state index in [1.165, 1.54) is 12.1 Å². The summed E-state index contributed by atoms with van der Waals surface area (Å²) in [5.74, 6) is 6.08. The summed E-state index contributed by atoms with van der Waals surface area (Å²) in [6, 6.07) is 12.0. The molecule has 0 spiro atoms. The molecule has 1 unspecified atom stereocenters. The highest BCUT2D eigenvalue weighted by Crippen LogP contribution is 2.34. The molecule has 8 heteroatoms. The van der Waals surface area contributed by atoms with Gasteiger partial charge in [0.05, 0.1) is 31.2 Å². The van der Waals surface area contributed by atoms with Gasteiger partial charge in [0.1, 0.15) is 0 Å². The second-order valence-electron chi connectivity index (χ2n) is 7.61. The summed E-state index contributed by atoms with van der Waals surface area (Å²) in [4.78, 5) is 15.5. The summed E-state index contributed by atoms with van der Waals surface area (Å²) in [6.45, 7) is 0.196. The van der Waals surface area contributed by atoms with Crippen molar-refractivity contribution in [2.75, 3.05) is 13.7 Å². The molecule has 1 aliphatic rings. The number of nitrogens with zero attached hydrogens (tertiary/aromatic N) is 2. The summed E-state index contributed by atoms with van der Waals surface area (Å²) in [5, 5.41) is 20.3. The van der Waals surface area contributed by atoms with E-state index in [-0.39, 0.29) is 30.1 Å². The van der Waals surface area contributed by atoms with Crippen LogP contribution in [0.3, 0.4) is 0 Å². The Labute approximate surface area is 193 Å².